The second-order valence-electron chi connectivity index (χ2n) is 11.6. The molecule has 3 aliphatic carbocycles. The SMILES string of the molecule is C=C1/C(=C\C=C2/CCC[C@]3(C)[C@@H]([C@H](C)CN4CC[C@](C)(O)C4)CC[C@@H]23)CC(O)CC1O. The highest BCUT2D eigenvalue weighted by Gasteiger charge is 2.51. The molecule has 0 aromatic carbocycles. The Balaban J connectivity index is 1.47. The number of hydrogen-bond donors (Lipinski definition) is 3. The summed E-state index contributed by atoms with van der Waals surface area (Å²) in [7, 11) is 0. The molecule has 7 atom stereocenters. The van der Waals surface area contributed by atoms with Crippen LogP contribution in [0.15, 0.2) is 35.5 Å². The molecule has 0 spiro atoms. The second-order valence-corrected chi connectivity index (χ2v) is 11.6. The zero-order chi connectivity index (χ0) is 22.4. The maximum absolute atomic E-state index is 10.3. The summed E-state index contributed by atoms with van der Waals surface area (Å²) < 4.78 is 0. The van der Waals surface area contributed by atoms with Gasteiger partial charge in [0, 0.05) is 26.1 Å². The van der Waals surface area contributed by atoms with Gasteiger partial charge in [-0.25, -0.2) is 0 Å². The third kappa shape index (κ3) is 4.73. The Labute approximate surface area is 188 Å². The van der Waals surface area contributed by atoms with Crippen LogP contribution in [0.5, 0.6) is 0 Å². The van der Waals surface area contributed by atoms with Gasteiger partial charge in [0.2, 0.25) is 0 Å². The lowest BCUT2D eigenvalue weighted by atomic mass is 9.61. The number of aliphatic hydroxyl groups excluding tert-OH is 2. The summed E-state index contributed by atoms with van der Waals surface area (Å²) in [5.41, 5.74) is 3.19. The largest absolute Gasteiger partial charge is 0.393 e. The molecule has 31 heavy (non-hydrogen) atoms. The first kappa shape index (κ1) is 23.2. The van der Waals surface area contributed by atoms with Crippen molar-refractivity contribution in [3.63, 3.8) is 0 Å². The predicted molar refractivity (Wildman–Crippen MR) is 126 cm³/mol. The van der Waals surface area contributed by atoms with Crippen LogP contribution in [-0.2, 0) is 0 Å². The Kier molecular flexibility index (Phi) is 6.58. The molecule has 0 amide bonds. The molecule has 0 aromatic heterocycles. The molecular formula is C27H43NO3. The molecule has 0 radical (unpaired) electrons. The van der Waals surface area contributed by atoms with Gasteiger partial charge in [0.05, 0.1) is 17.8 Å². The molecule has 4 aliphatic rings. The quantitative estimate of drug-likeness (QED) is 0.626. The molecule has 0 bridgehead atoms. The summed E-state index contributed by atoms with van der Waals surface area (Å²) in [6, 6.07) is 0. The third-order valence-corrected chi connectivity index (χ3v) is 9.07. The topological polar surface area (TPSA) is 63.9 Å². The standard InChI is InChI=1S/C27H43NO3/c1-18(16-28-13-12-26(3,31)17-28)23-9-10-24-20(6-5-11-27(23,24)4)7-8-21-14-22(29)15-25(30)19(21)2/h7-8,18,22-25,29-31H,2,5-6,9-17H2,1,3-4H3/b20-7+,21-8-/t18-,22?,23-,24+,25?,26+,27-/m1/s1. The van der Waals surface area contributed by atoms with E-state index in [1.54, 1.807) is 5.57 Å². The normalized spacial score (nSPS) is 45.4. The average molecular weight is 430 g/mol. The van der Waals surface area contributed by atoms with Crippen molar-refractivity contribution in [2.75, 3.05) is 19.6 Å². The number of rotatable bonds is 4. The molecule has 4 rings (SSSR count). The van der Waals surface area contributed by atoms with E-state index in [1.807, 2.05) is 6.92 Å². The molecule has 4 nitrogen and oxygen atoms in total. The lowest BCUT2D eigenvalue weighted by molar-refractivity contribution is 0.0549. The number of hydrogen-bond acceptors (Lipinski definition) is 4. The Morgan fingerprint density at radius 1 is 1.19 bits per heavy atom. The van der Waals surface area contributed by atoms with Crippen LogP contribution in [0.3, 0.4) is 0 Å². The van der Waals surface area contributed by atoms with Gasteiger partial charge >= 0.3 is 0 Å². The molecule has 1 heterocycles. The van der Waals surface area contributed by atoms with Crippen molar-refractivity contribution in [1.29, 1.82) is 0 Å². The Morgan fingerprint density at radius 2 is 1.97 bits per heavy atom. The van der Waals surface area contributed by atoms with Gasteiger partial charge < -0.3 is 20.2 Å². The maximum atomic E-state index is 10.3. The number of β-amino-alcohol motifs (C(OH)–C–C–N with tert-alkyl or cyclic N) is 1. The molecule has 1 saturated heterocycles. The van der Waals surface area contributed by atoms with E-state index >= 15 is 0 Å². The molecule has 3 saturated carbocycles. The monoisotopic (exact) mass is 429 g/mol. The number of likely N-dealkylation sites (tertiary alicyclic amines) is 1. The molecule has 3 N–H and O–H groups in total. The van der Waals surface area contributed by atoms with Crippen LogP contribution in [-0.4, -0.2) is 57.7 Å². The molecule has 4 fully saturated rings. The Bertz CT molecular complexity index is 754. The van der Waals surface area contributed by atoms with Crippen LogP contribution in [0, 0.1) is 23.2 Å². The zero-order valence-corrected chi connectivity index (χ0v) is 19.8. The van der Waals surface area contributed by atoms with Crippen LogP contribution in [0.25, 0.3) is 0 Å². The van der Waals surface area contributed by atoms with Crippen molar-refractivity contribution in [3.8, 4) is 0 Å². The minimum absolute atomic E-state index is 0.354. The summed E-state index contributed by atoms with van der Waals surface area (Å²) in [4.78, 5) is 2.47. The van der Waals surface area contributed by atoms with Crippen LogP contribution in [0.1, 0.15) is 72.1 Å². The van der Waals surface area contributed by atoms with E-state index in [0.29, 0.717) is 30.1 Å². The van der Waals surface area contributed by atoms with Gasteiger partial charge in [-0.05, 0) is 86.2 Å². The van der Waals surface area contributed by atoms with Gasteiger partial charge in [-0.15, -0.1) is 0 Å². The fraction of sp³-hybridized carbons (Fsp3) is 0.778. The van der Waals surface area contributed by atoms with Crippen LogP contribution < -0.4 is 0 Å². The van der Waals surface area contributed by atoms with E-state index < -0.39 is 17.8 Å². The smallest absolute Gasteiger partial charge is 0.0811 e. The van der Waals surface area contributed by atoms with Crippen molar-refractivity contribution >= 4 is 0 Å². The predicted octanol–water partition coefficient (Wildman–Crippen LogP) is 4.22. The zero-order valence-electron chi connectivity index (χ0n) is 19.8. The van der Waals surface area contributed by atoms with Crippen LogP contribution in [0.2, 0.25) is 0 Å². The van der Waals surface area contributed by atoms with Crippen molar-refractivity contribution in [2.24, 2.45) is 23.2 Å². The van der Waals surface area contributed by atoms with Crippen molar-refractivity contribution in [1.82, 2.24) is 4.90 Å². The molecule has 1 aliphatic heterocycles. The lowest BCUT2D eigenvalue weighted by Crippen LogP contribution is -2.40. The summed E-state index contributed by atoms with van der Waals surface area (Å²) in [6.07, 6.45) is 11.5. The summed E-state index contributed by atoms with van der Waals surface area (Å²) >= 11 is 0. The highest BCUT2D eigenvalue weighted by molar-refractivity contribution is 5.38. The van der Waals surface area contributed by atoms with Crippen molar-refractivity contribution in [2.45, 2.75) is 89.9 Å². The highest BCUT2D eigenvalue weighted by atomic mass is 16.3. The van der Waals surface area contributed by atoms with Gasteiger partial charge in [-0.2, -0.15) is 0 Å². The van der Waals surface area contributed by atoms with Gasteiger partial charge in [-0.3, -0.25) is 0 Å². The fourth-order valence-electron chi connectivity index (χ4n) is 7.41. The Morgan fingerprint density at radius 3 is 2.68 bits per heavy atom. The van der Waals surface area contributed by atoms with Gasteiger partial charge in [0.15, 0.2) is 0 Å². The highest BCUT2D eigenvalue weighted by Crippen LogP contribution is 2.59. The molecule has 2 unspecified atom stereocenters. The summed E-state index contributed by atoms with van der Waals surface area (Å²) in [5.74, 6) is 2.01. The molecule has 0 aromatic rings. The summed E-state index contributed by atoms with van der Waals surface area (Å²) in [5, 5.41) is 30.6. The Hall–Kier alpha value is -0.940. The van der Waals surface area contributed by atoms with E-state index in [-0.39, 0.29) is 0 Å². The molecular weight excluding hydrogens is 386 g/mol. The van der Waals surface area contributed by atoms with Gasteiger partial charge in [0.1, 0.15) is 0 Å². The number of fused-ring (bicyclic) bond motifs is 1. The van der Waals surface area contributed by atoms with E-state index in [2.05, 4.69) is 37.5 Å². The van der Waals surface area contributed by atoms with Crippen LogP contribution >= 0.6 is 0 Å². The maximum Gasteiger partial charge on any atom is 0.0811 e. The van der Waals surface area contributed by atoms with E-state index in [1.165, 1.54) is 25.7 Å². The van der Waals surface area contributed by atoms with Gasteiger partial charge in [0.25, 0.3) is 0 Å². The number of aliphatic hydroxyl groups is 3. The molecule has 174 valence electrons. The first-order valence-corrected chi connectivity index (χ1v) is 12.5. The first-order valence-electron chi connectivity index (χ1n) is 12.5. The molecule has 4 heteroatoms. The van der Waals surface area contributed by atoms with E-state index in [9.17, 15) is 15.3 Å². The third-order valence-electron chi connectivity index (χ3n) is 9.07. The fourth-order valence-corrected chi connectivity index (χ4v) is 7.41. The lowest BCUT2D eigenvalue weighted by Gasteiger charge is -2.45. The van der Waals surface area contributed by atoms with E-state index in [0.717, 1.165) is 49.5 Å². The minimum atomic E-state index is -0.618. The summed E-state index contributed by atoms with van der Waals surface area (Å²) in [6.45, 7) is 13.9. The van der Waals surface area contributed by atoms with Crippen molar-refractivity contribution < 1.29 is 15.3 Å². The van der Waals surface area contributed by atoms with E-state index in [4.69, 9.17) is 0 Å². The first-order chi connectivity index (χ1) is 14.6. The van der Waals surface area contributed by atoms with Crippen molar-refractivity contribution in [3.05, 3.63) is 35.5 Å². The number of allylic oxidation sites excluding steroid dienone is 3. The second kappa shape index (κ2) is 8.78. The minimum Gasteiger partial charge on any atom is -0.393 e. The van der Waals surface area contributed by atoms with Crippen LogP contribution in [0.4, 0.5) is 0 Å². The number of nitrogens with zero attached hydrogens (tertiary/aromatic N) is 1. The van der Waals surface area contributed by atoms with Gasteiger partial charge in [-0.1, -0.05) is 38.2 Å². The average Bonchev–Trinajstić information content (AvgIpc) is 3.22.